The number of phenols is 1. The molecule has 31 heavy (non-hydrogen) atoms. The van der Waals surface area contributed by atoms with Crippen LogP contribution in [0.2, 0.25) is 0 Å². The number of aromatic hydroxyl groups is 1. The average molecular weight is 611 g/mol. The molecule has 2 N–H and O–H groups in total. The summed E-state index contributed by atoms with van der Waals surface area (Å²) < 4.78 is 8.13. The third-order valence-electron chi connectivity index (χ3n) is 4.43. The van der Waals surface area contributed by atoms with Crippen LogP contribution in [0.4, 0.5) is 0 Å². The van der Waals surface area contributed by atoms with Gasteiger partial charge in [-0.3, -0.25) is 4.79 Å². The number of carbonyl (C=O) groups is 1. The number of phenolic OH excluding ortho intramolecular Hbond substituents is 1. The van der Waals surface area contributed by atoms with Crippen LogP contribution in [0.25, 0.3) is 0 Å². The number of hydrogen-bond donors (Lipinski definition) is 2. The lowest BCUT2D eigenvalue weighted by molar-refractivity contribution is 0.0952. The van der Waals surface area contributed by atoms with Crippen LogP contribution >= 0.6 is 47.8 Å². The van der Waals surface area contributed by atoms with E-state index in [9.17, 15) is 9.90 Å². The normalized spacial score (nSPS) is 11.0. The van der Waals surface area contributed by atoms with Crippen LogP contribution in [0, 0.1) is 13.8 Å². The van der Waals surface area contributed by atoms with Gasteiger partial charge in [-0.05, 0) is 88.4 Å². The zero-order valence-corrected chi connectivity index (χ0v) is 21.5. The number of nitrogens with zero attached hydrogens (tertiary/aromatic N) is 1. The average Bonchev–Trinajstić information content (AvgIpc) is 2.71. The predicted octanol–water partition coefficient (Wildman–Crippen LogP) is 6.64. The van der Waals surface area contributed by atoms with E-state index in [0.717, 1.165) is 32.5 Å². The fraction of sp³-hybridized carbons (Fsp3) is 0.130. The lowest BCUT2D eigenvalue weighted by Crippen LogP contribution is -2.18. The summed E-state index contributed by atoms with van der Waals surface area (Å²) in [5.74, 6) is 0.168. The summed E-state index contributed by atoms with van der Waals surface area (Å²) in [5, 5.41) is 14.1. The summed E-state index contributed by atoms with van der Waals surface area (Å²) >= 11 is 9.94. The number of rotatable bonds is 6. The van der Waals surface area contributed by atoms with E-state index >= 15 is 0 Å². The van der Waals surface area contributed by atoms with Gasteiger partial charge in [-0.25, -0.2) is 5.43 Å². The molecule has 3 rings (SSSR count). The number of hydrogen-bond acceptors (Lipinski definition) is 4. The van der Waals surface area contributed by atoms with Gasteiger partial charge < -0.3 is 9.84 Å². The van der Waals surface area contributed by atoms with E-state index in [2.05, 4.69) is 58.3 Å². The summed E-state index contributed by atoms with van der Waals surface area (Å²) in [6.07, 6.45) is 1.56. The quantitative estimate of drug-likeness (QED) is 0.243. The number of hydrazone groups is 1. The van der Waals surface area contributed by atoms with E-state index in [1.54, 1.807) is 12.3 Å². The number of aryl methyl sites for hydroxylation is 2. The van der Waals surface area contributed by atoms with Crippen molar-refractivity contribution >= 4 is 59.9 Å². The Bertz CT molecular complexity index is 1120. The van der Waals surface area contributed by atoms with Crippen molar-refractivity contribution in [3.63, 3.8) is 0 Å². The first-order valence-corrected chi connectivity index (χ1v) is 11.6. The Morgan fingerprint density at radius 2 is 1.68 bits per heavy atom. The molecule has 8 heteroatoms. The first kappa shape index (κ1) is 23.5. The standard InChI is InChI=1S/C23H19Br3N2O3/c1-13-7-16(8-14(2)22(13)31-12-15-3-5-17(24)6-4-15)11-27-28-23(30)19-9-18(25)10-20(26)21(19)29/h3-11,29H,12H2,1-2H3,(H,28,30)/b27-11-. The molecule has 3 aromatic carbocycles. The second kappa shape index (κ2) is 10.4. The third kappa shape index (κ3) is 6.18. The molecule has 5 nitrogen and oxygen atoms in total. The summed E-state index contributed by atoms with van der Waals surface area (Å²) in [6, 6.07) is 15.1. The molecule has 3 aromatic rings. The molecule has 0 radical (unpaired) electrons. The molecule has 0 aliphatic carbocycles. The molecule has 0 aliphatic rings. The Morgan fingerprint density at radius 3 is 2.32 bits per heavy atom. The lowest BCUT2D eigenvalue weighted by atomic mass is 10.1. The first-order chi connectivity index (χ1) is 14.7. The first-order valence-electron chi connectivity index (χ1n) is 9.24. The number of carbonyl (C=O) groups excluding carboxylic acids is 1. The van der Waals surface area contributed by atoms with Gasteiger partial charge in [0.25, 0.3) is 5.91 Å². The van der Waals surface area contributed by atoms with Crippen LogP contribution in [-0.2, 0) is 6.61 Å². The van der Waals surface area contributed by atoms with E-state index in [-0.39, 0.29) is 11.3 Å². The highest BCUT2D eigenvalue weighted by Gasteiger charge is 2.14. The van der Waals surface area contributed by atoms with Crippen molar-refractivity contribution < 1.29 is 14.6 Å². The van der Waals surface area contributed by atoms with Crippen molar-refractivity contribution in [2.45, 2.75) is 20.5 Å². The Hall–Kier alpha value is -2.16. The second-order valence-corrected chi connectivity index (χ2v) is 9.57. The Labute approximate surface area is 205 Å². The van der Waals surface area contributed by atoms with E-state index in [1.807, 2.05) is 50.2 Å². The van der Waals surface area contributed by atoms with Gasteiger partial charge in [0.2, 0.25) is 0 Å². The molecule has 0 bridgehead atoms. The number of amides is 1. The largest absolute Gasteiger partial charge is 0.506 e. The number of halogens is 3. The lowest BCUT2D eigenvalue weighted by Gasteiger charge is -2.13. The molecule has 0 saturated heterocycles. The minimum atomic E-state index is -0.515. The summed E-state index contributed by atoms with van der Waals surface area (Å²) in [6.45, 7) is 4.41. The van der Waals surface area contributed by atoms with Crippen molar-refractivity contribution in [1.29, 1.82) is 0 Å². The topological polar surface area (TPSA) is 70.9 Å². The summed E-state index contributed by atoms with van der Waals surface area (Å²) in [4.78, 5) is 12.3. The minimum absolute atomic E-state index is 0.113. The van der Waals surface area contributed by atoms with E-state index in [0.29, 0.717) is 15.6 Å². The van der Waals surface area contributed by atoms with E-state index in [4.69, 9.17) is 4.74 Å². The van der Waals surface area contributed by atoms with Gasteiger partial charge in [0, 0.05) is 8.95 Å². The monoisotopic (exact) mass is 608 g/mol. The fourth-order valence-electron chi connectivity index (χ4n) is 2.99. The third-order valence-corrected chi connectivity index (χ3v) is 6.02. The van der Waals surface area contributed by atoms with Crippen LogP contribution in [0.3, 0.4) is 0 Å². The molecule has 0 spiro atoms. The summed E-state index contributed by atoms with van der Waals surface area (Å²) in [7, 11) is 0. The molecular weight excluding hydrogens is 592 g/mol. The van der Waals surface area contributed by atoms with Crippen LogP contribution in [0.1, 0.15) is 32.6 Å². The van der Waals surface area contributed by atoms with Gasteiger partial charge in [-0.2, -0.15) is 5.10 Å². The van der Waals surface area contributed by atoms with Crippen molar-refractivity contribution in [2.24, 2.45) is 5.10 Å². The summed E-state index contributed by atoms with van der Waals surface area (Å²) in [5.41, 5.74) is 6.40. The van der Waals surface area contributed by atoms with Gasteiger partial charge >= 0.3 is 0 Å². The van der Waals surface area contributed by atoms with Gasteiger partial charge in [0.15, 0.2) is 0 Å². The maximum atomic E-state index is 12.3. The molecule has 0 heterocycles. The Kier molecular flexibility index (Phi) is 7.91. The molecule has 0 unspecified atom stereocenters. The number of benzene rings is 3. The molecule has 1 amide bonds. The van der Waals surface area contributed by atoms with Crippen LogP contribution < -0.4 is 10.2 Å². The van der Waals surface area contributed by atoms with Crippen LogP contribution in [-0.4, -0.2) is 17.2 Å². The highest BCUT2D eigenvalue weighted by molar-refractivity contribution is 9.11. The molecule has 0 aliphatic heterocycles. The van der Waals surface area contributed by atoms with E-state index < -0.39 is 5.91 Å². The number of ether oxygens (including phenoxy) is 1. The Morgan fingerprint density at radius 1 is 1.03 bits per heavy atom. The second-order valence-electron chi connectivity index (χ2n) is 6.88. The Balaban J connectivity index is 1.67. The zero-order valence-electron chi connectivity index (χ0n) is 16.7. The van der Waals surface area contributed by atoms with Crippen molar-refractivity contribution in [3.05, 3.63) is 89.8 Å². The molecule has 0 fully saturated rings. The van der Waals surface area contributed by atoms with Crippen molar-refractivity contribution in [1.82, 2.24) is 5.43 Å². The van der Waals surface area contributed by atoms with Crippen molar-refractivity contribution in [2.75, 3.05) is 0 Å². The van der Waals surface area contributed by atoms with Crippen LogP contribution in [0.5, 0.6) is 11.5 Å². The maximum Gasteiger partial charge on any atom is 0.275 e. The highest BCUT2D eigenvalue weighted by atomic mass is 79.9. The maximum absolute atomic E-state index is 12.3. The molecule has 0 aromatic heterocycles. The smallest absolute Gasteiger partial charge is 0.275 e. The SMILES string of the molecule is Cc1cc(/C=N\NC(=O)c2cc(Br)cc(Br)c2O)cc(C)c1OCc1ccc(Br)cc1. The van der Waals surface area contributed by atoms with Crippen LogP contribution in [0.15, 0.2) is 67.1 Å². The van der Waals surface area contributed by atoms with Gasteiger partial charge in [-0.1, -0.05) is 44.0 Å². The zero-order chi connectivity index (χ0) is 22.5. The highest BCUT2D eigenvalue weighted by Crippen LogP contribution is 2.31. The van der Waals surface area contributed by atoms with Gasteiger partial charge in [0.05, 0.1) is 16.3 Å². The predicted molar refractivity (Wildman–Crippen MR) is 133 cm³/mol. The fourth-order valence-corrected chi connectivity index (χ4v) is 4.48. The van der Waals surface area contributed by atoms with Gasteiger partial charge in [0.1, 0.15) is 18.1 Å². The molecule has 0 atom stereocenters. The van der Waals surface area contributed by atoms with E-state index in [1.165, 1.54) is 6.07 Å². The van der Waals surface area contributed by atoms with Gasteiger partial charge in [-0.15, -0.1) is 0 Å². The molecular formula is C23H19Br3N2O3. The molecule has 0 saturated carbocycles. The number of nitrogens with one attached hydrogen (secondary N) is 1. The minimum Gasteiger partial charge on any atom is -0.506 e. The molecule has 160 valence electrons. The van der Waals surface area contributed by atoms with Crippen molar-refractivity contribution in [3.8, 4) is 11.5 Å².